The van der Waals surface area contributed by atoms with Crippen molar-refractivity contribution in [1.82, 2.24) is 19.8 Å². The molecule has 2 aliphatic rings. The predicted molar refractivity (Wildman–Crippen MR) is 122 cm³/mol. The molecule has 1 N–H and O–H groups in total. The van der Waals surface area contributed by atoms with Crippen molar-refractivity contribution in [3.05, 3.63) is 59.4 Å². The molecule has 0 bridgehead atoms. The molecule has 4 amide bonds. The number of imide groups is 1. The molecule has 0 radical (unpaired) electrons. The van der Waals surface area contributed by atoms with Crippen molar-refractivity contribution in [2.45, 2.75) is 31.9 Å². The Morgan fingerprint density at radius 2 is 1.97 bits per heavy atom. The van der Waals surface area contributed by atoms with E-state index >= 15 is 0 Å². The highest BCUT2D eigenvalue weighted by atomic mass is 16.6. The number of carbonyl (C=O) groups is 3. The van der Waals surface area contributed by atoms with Gasteiger partial charge in [0.15, 0.2) is 0 Å². The predicted octanol–water partition coefficient (Wildman–Crippen LogP) is 3.61. The third kappa shape index (κ3) is 4.13. The first-order valence-electron chi connectivity index (χ1n) is 10.9. The smallest absolute Gasteiger partial charge is 0.410 e. The third-order valence-electron chi connectivity index (χ3n) is 6.07. The maximum atomic E-state index is 12.6. The fourth-order valence-corrected chi connectivity index (χ4v) is 4.01. The normalized spacial score (nSPS) is 16.1. The molecule has 170 valence electrons. The van der Waals surface area contributed by atoms with Crippen LogP contribution in [0, 0.1) is 0 Å². The molecule has 1 aromatic heterocycles. The number of fused-ring (bicyclic) bond motifs is 1. The first-order valence-corrected chi connectivity index (χ1v) is 10.9. The van der Waals surface area contributed by atoms with Gasteiger partial charge in [-0.15, -0.1) is 0 Å². The summed E-state index contributed by atoms with van der Waals surface area (Å²) >= 11 is 0. The highest BCUT2D eigenvalue weighted by Crippen LogP contribution is 2.43. The van der Waals surface area contributed by atoms with Gasteiger partial charge in [0.05, 0.1) is 17.7 Å². The van der Waals surface area contributed by atoms with Crippen LogP contribution in [0.3, 0.4) is 0 Å². The van der Waals surface area contributed by atoms with Crippen LogP contribution in [0.1, 0.15) is 35.7 Å². The van der Waals surface area contributed by atoms with Crippen LogP contribution in [-0.2, 0) is 22.7 Å². The number of anilines is 1. The van der Waals surface area contributed by atoms with Crippen molar-refractivity contribution in [3.8, 4) is 0 Å². The Balaban J connectivity index is 1.38. The zero-order valence-electron chi connectivity index (χ0n) is 18.6. The standard InChI is InChI=1S/C24H25N5O4/c1-27(24(32)33-14-15-6-4-3-5-7-15)12-20-25-18-10-17(16-8-9-16)11-19(22(18)26-20)29-13-21(30)28(2)23(29)31/h3-7,10-11,16H,8-9,12-14H2,1-2H3,(H,25,26). The molecular formula is C24H25N5O4. The third-order valence-corrected chi connectivity index (χ3v) is 6.07. The minimum atomic E-state index is -0.458. The maximum Gasteiger partial charge on any atom is 0.410 e. The number of likely N-dealkylation sites (N-methyl/N-ethyl adjacent to an activating group) is 1. The lowest BCUT2D eigenvalue weighted by Gasteiger charge is -2.16. The van der Waals surface area contributed by atoms with Gasteiger partial charge in [-0.3, -0.25) is 14.6 Å². The van der Waals surface area contributed by atoms with Gasteiger partial charge < -0.3 is 14.6 Å². The van der Waals surface area contributed by atoms with E-state index in [4.69, 9.17) is 4.74 Å². The first-order chi connectivity index (χ1) is 15.9. The van der Waals surface area contributed by atoms with Gasteiger partial charge in [0.1, 0.15) is 24.5 Å². The van der Waals surface area contributed by atoms with E-state index in [0.717, 1.165) is 34.4 Å². The Morgan fingerprint density at radius 3 is 2.64 bits per heavy atom. The van der Waals surface area contributed by atoms with Gasteiger partial charge >= 0.3 is 12.1 Å². The summed E-state index contributed by atoms with van der Waals surface area (Å²) in [7, 11) is 3.13. The summed E-state index contributed by atoms with van der Waals surface area (Å²) in [6.07, 6.45) is 1.75. The molecule has 0 spiro atoms. The molecule has 9 nitrogen and oxygen atoms in total. The molecule has 0 atom stereocenters. The lowest BCUT2D eigenvalue weighted by atomic mass is 10.1. The Hall–Kier alpha value is -3.88. The van der Waals surface area contributed by atoms with Crippen LogP contribution < -0.4 is 4.90 Å². The van der Waals surface area contributed by atoms with E-state index in [0.29, 0.717) is 22.9 Å². The molecule has 1 saturated carbocycles. The van der Waals surface area contributed by atoms with Crippen LogP contribution in [0.2, 0.25) is 0 Å². The Kier molecular flexibility index (Phi) is 5.24. The summed E-state index contributed by atoms with van der Waals surface area (Å²) in [5, 5.41) is 0. The van der Waals surface area contributed by atoms with E-state index in [1.165, 1.54) is 16.8 Å². The highest BCUT2D eigenvalue weighted by molar-refractivity contribution is 6.14. The molecular weight excluding hydrogens is 422 g/mol. The lowest BCUT2D eigenvalue weighted by molar-refractivity contribution is -0.123. The van der Waals surface area contributed by atoms with E-state index in [-0.39, 0.29) is 31.6 Å². The number of H-pyrrole nitrogens is 1. The summed E-state index contributed by atoms with van der Waals surface area (Å²) in [5.41, 5.74) is 4.05. The average molecular weight is 447 g/mol. The molecule has 1 aliphatic carbocycles. The fraction of sp³-hybridized carbons (Fsp3) is 0.333. The number of imidazole rings is 1. The molecule has 2 heterocycles. The molecule has 5 rings (SSSR count). The van der Waals surface area contributed by atoms with Crippen LogP contribution in [0.4, 0.5) is 15.3 Å². The van der Waals surface area contributed by atoms with Crippen molar-refractivity contribution in [3.63, 3.8) is 0 Å². The van der Waals surface area contributed by atoms with Crippen molar-refractivity contribution in [2.75, 3.05) is 25.5 Å². The average Bonchev–Trinajstić information content (AvgIpc) is 3.54. The number of aromatic nitrogens is 2. The number of urea groups is 1. The van der Waals surface area contributed by atoms with Gasteiger partial charge in [0, 0.05) is 14.1 Å². The van der Waals surface area contributed by atoms with Gasteiger partial charge in [0.2, 0.25) is 5.91 Å². The molecule has 2 aromatic carbocycles. The largest absolute Gasteiger partial charge is 0.445 e. The maximum absolute atomic E-state index is 12.6. The topological polar surface area (TPSA) is 98.8 Å². The first kappa shape index (κ1) is 21.0. The number of carbonyl (C=O) groups excluding carboxylic acids is 3. The van der Waals surface area contributed by atoms with Crippen LogP contribution in [0.15, 0.2) is 42.5 Å². The molecule has 0 unspecified atom stereocenters. The number of benzene rings is 2. The zero-order valence-corrected chi connectivity index (χ0v) is 18.6. The minimum Gasteiger partial charge on any atom is -0.445 e. The molecule has 9 heteroatoms. The summed E-state index contributed by atoms with van der Waals surface area (Å²) < 4.78 is 5.39. The number of ether oxygens (including phenoxy) is 1. The minimum absolute atomic E-state index is 0.00748. The van der Waals surface area contributed by atoms with E-state index in [1.54, 1.807) is 7.05 Å². The Morgan fingerprint density at radius 1 is 1.21 bits per heavy atom. The second kappa shape index (κ2) is 8.23. The molecule has 1 saturated heterocycles. The van der Waals surface area contributed by atoms with Gasteiger partial charge in [-0.05, 0) is 42.0 Å². The van der Waals surface area contributed by atoms with Gasteiger partial charge in [0.25, 0.3) is 0 Å². The van der Waals surface area contributed by atoms with E-state index in [9.17, 15) is 14.4 Å². The summed E-state index contributed by atoms with van der Waals surface area (Å²) in [6, 6.07) is 13.1. The van der Waals surface area contributed by atoms with Crippen LogP contribution in [0.25, 0.3) is 11.0 Å². The van der Waals surface area contributed by atoms with Crippen LogP contribution in [-0.4, -0.2) is 58.4 Å². The number of amides is 4. The number of rotatable bonds is 6. The summed E-state index contributed by atoms with van der Waals surface area (Å²) in [5.74, 6) is 0.785. The fourth-order valence-electron chi connectivity index (χ4n) is 4.01. The van der Waals surface area contributed by atoms with Crippen molar-refractivity contribution < 1.29 is 19.1 Å². The van der Waals surface area contributed by atoms with Crippen molar-refractivity contribution in [1.29, 1.82) is 0 Å². The number of nitrogens with one attached hydrogen (secondary N) is 1. The van der Waals surface area contributed by atoms with Crippen LogP contribution in [0.5, 0.6) is 0 Å². The monoisotopic (exact) mass is 447 g/mol. The Bertz CT molecular complexity index is 1230. The number of nitrogens with zero attached hydrogens (tertiary/aromatic N) is 4. The van der Waals surface area contributed by atoms with Crippen molar-refractivity contribution >= 4 is 34.8 Å². The number of aromatic amines is 1. The van der Waals surface area contributed by atoms with E-state index in [2.05, 4.69) is 9.97 Å². The van der Waals surface area contributed by atoms with E-state index < -0.39 is 6.09 Å². The SMILES string of the molecule is CN(Cc1nc2c(N3CC(=O)N(C)C3=O)cc(C3CC3)cc2[nH]1)C(=O)OCc1ccccc1. The van der Waals surface area contributed by atoms with Gasteiger partial charge in [-0.1, -0.05) is 30.3 Å². The molecule has 3 aromatic rings. The number of hydrogen-bond acceptors (Lipinski definition) is 5. The number of hydrogen-bond donors (Lipinski definition) is 1. The second-order valence-corrected chi connectivity index (χ2v) is 8.61. The summed E-state index contributed by atoms with van der Waals surface area (Å²) in [6.45, 7) is 0.400. The lowest BCUT2D eigenvalue weighted by Crippen LogP contribution is -2.30. The molecule has 2 fully saturated rings. The molecule has 1 aliphatic heterocycles. The van der Waals surface area contributed by atoms with E-state index in [1.807, 2.05) is 42.5 Å². The van der Waals surface area contributed by atoms with Gasteiger partial charge in [-0.2, -0.15) is 0 Å². The quantitative estimate of drug-likeness (QED) is 0.582. The highest BCUT2D eigenvalue weighted by Gasteiger charge is 2.36. The van der Waals surface area contributed by atoms with Gasteiger partial charge in [-0.25, -0.2) is 14.6 Å². The summed E-state index contributed by atoms with van der Waals surface area (Å²) in [4.78, 5) is 49.2. The Labute approximate surface area is 190 Å². The van der Waals surface area contributed by atoms with Crippen molar-refractivity contribution in [2.24, 2.45) is 0 Å². The zero-order chi connectivity index (χ0) is 23.1. The second-order valence-electron chi connectivity index (χ2n) is 8.61. The molecule has 33 heavy (non-hydrogen) atoms. The van der Waals surface area contributed by atoms with Crippen LogP contribution >= 0.6 is 0 Å².